The van der Waals surface area contributed by atoms with Gasteiger partial charge in [-0.2, -0.15) is 0 Å². The Morgan fingerprint density at radius 1 is 0.926 bits per heavy atom. The number of fused-ring (bicyclic) bond motifs is 2. The van der Waals surface area contributed by atoms with E-state index < -0.39 is 0 Å². The summed E-state index contributed by atoms with van der Waals surface area (Å²) in [5.41, 5.74) is 7.46. The van der Waals surface area contributed by atoms with Gasteiger partial charge in [-0.05, 0) is 72.2 Å². The van der Waals surface area contributed by atoms with Crippen molar-refractivity contribution in [1.82, 2.24) is 0 Å². The van der Waals surface area contributed by atoms with Crippen molar-refractivity contribution in [2.75, 3.05) is 0 Å². The lowest BCUT2D eigenvalue weighted by molar-refractivity contribution is -0.660. The van der Waals surface area contributed by atoms with Crippen molar-refractivity contribution in [3.63, 3.8) is 0 Å². The highest BCUT2D eigenvalue weighted by Crippen LogP contribution is 2.56. The van der Waals surface area contributed by atoms with E-state index in [0.717, 1.165) is 0 Å². The third-order valence-electron chi connectivity index (χ3n) is 6.65. The number of nitrogens with zero attached hydrogens (tertiary/aromatic N) is 1. The molecule has 0 radical (unpaired) electrons. The summed E-state index contributed by atoms with van der Waals surface area (Å²) in [6.45, 7) is 2.17. The molecule has 2 unspecified atom stereocenters. The van der Waals surface area contributed by atoms with Gasteiger partial charge in [-0.3, -0.25) is 0 Å². The number of pyridine rings is 1. The van der Waals surface area contributed by atoms with Gasteiger partial charge in [0.1, 0.15) is 7.05 Å². The zero-order chi connectivity index (χ0) is 19.3. The summed E-state index contributed by atoms with van der Waals surface area (Å²) in [6, 6.07) is 21.9. The van der Waals surface area contributed by atoms with E-state index in [9.17, 15) is 1.37 Å². The molecule has 1 aromatic heterocycles. The summed E-state index contributed by atoms with van der Waals surface area (Å²) in [5, 5.41) is 0. The van der Waals surface area contributed by atoms with Gasteiger partial charge in [0.15, 0.2) is 6.20 Å². The van der Waals surface area contributed by atoms with E-state index in [-0.39, 0.29) is 5.89 Å². The van der Waals surface area contributed by atoms with Crippen LogP contribution in [0.2, 0.25) is 0 Å². The molecule has 0 spiro atoms. The second-order valence-corrected chi connectivity index (χ2v) is 8.32. The van der Waals surface area contributed by atoms with Crippen LogP contribution in [0.5, 0.6) is 0 Å². The molecule has 2 saturated carbocycles. The van der Waals surface area contributed by atoms with Gasteiger partial charge in [-0.15, -0.1) is 0 Å². The normalized spacial score (nSPS) is 27.0. The van der Waals surface area contributed by atoms with Crippen molar-refractivity contribution in [1.29, 1.82) is 0 Å². The monoisotopic (exact) mass is 355 g/mol. The largest absolute Gasteiger partial charge is 0.213 e. The van der Waals surface area contributed by atoms with Crippen molar-refractivity contribution in [3.8, 4) is 22.4 Å². The third-order valence-corrected chi connectivity index (χ3v) is 6.65. The lowest BCUT2D eigenvalue weighted by Gasteiger charge is -2.50. The number of rotatable bonds is 3. The first kappa shape index (κ1) is 15.6. The molecule has 2 fully saturated rings. The Bertz CT molecular complexity index is 1020. The van der Waals surface area contributed by atoms with Crippen LogP contribution in [0, 0.1) is 18.8 Å². The minimum atomic E-state index is -0.355. The van der Waals surface area contributed by atoms with Crippen LogP contribution in [-0.2, 0) is 7.05 Å². The van der Waals surface area contributed by atoms with Crippen molar-refractivity contribution >= 4 is 0 Å². The standard InChI is InChI=1S/C26H28N/c1-18-7-3-4-12-24(18)25-17-20(13-14-27(25)2)19-8-5-9-21(15-19)26-22-10-6-11-23(26)16-22/h3-5,7-9,12-15,17,22-23,26H,6,10-11,16H2,1-2H3/q+1/i26D. The zero-order valence-electron chi connectivity index (χ0n) is 17.3. The first-order valence-corrected chi connectivity index (χ1v) is 10.2. The van der Waals surface area contributed by atoms with Crippen LogP contribution >= 0.6 is 0 Å². The average Bonchev–Trinajstić information content (AvgIpc) is 2.74. The molecular formula is C26H28N+. The zero-order valence-corrected chi connectivity index (χ0v) is 16.3. The highest BCUT2D eigenvalue weighted by molar-refractivity contribution is 5.70. The maximum atomic E-state index is 9.21. The van der Waals surface area contributed by atoms with E-state index in [0.29, 0.717) is 11.8 Å². The van der Waals surface area contributed by atoms with Crippen LogP contribution in [0.4, 0.5) is 0 Å². The van der Waals surface area contributed by atoms with E-state index in [2.05, 4.69) is 85.4 Å². The summed E-state index contributed by atoms with van der Waals surface area (Å²) >= 11 is 0. The Morgan fingerprint density at radius 3 is 2.48 bits per heavy atom. The van der Waals surface area contributed by atoms with E-state index in [1.807, 2.05) is 0 Å². The predicted octanol–water partition coefficient (Wildman–Crippen LogP) is 6.06. The smallest absolute Gasteiger partial charge is 0.201 e. The topological polar surface area (TPSA) is 3.88 Å². The average molecular weight is 356 g/mol. The van der Waals surface area contributed by atoms with Crippen molar-refractivity contribution in [3.05, 3.63) is 78.0 Å². The summed E-state index contributed by atoms with van der Waals surface area (Å²) < 4.78 is 11.4. The van der Waals surface area contributed by atoms with Crippen LogP contribution in [0.3, 0.4) is 0 Å². The SMILES string of the molecule is [2H]C1(c2cccc(-c3cc[n+](C)c(-c4ccccc4C)c3)c2)C2CCCC1C2. The van der Waals surface area contributed by atoms with Gasteiger partial charge in [0, 0.05) is 19.1 Å². The quantitative estimate of drug-likeness (QED) is 0.503. The lowest BCUT2D eigenvalue weighted by atomic mass is 9.55. The molecule has 2 atom stereocenters. The second kappa shape index (κ2) is 6.64. The van der Waals surface area contributed by atoms with Gasteiger partial charge in [-0.1, -0.05) is 48.9 Å². The Labute approximate surface area is 164 Å². The maximum absolute atomic E-state index is 9.21. The minimum Gasteiger partial charge on any atom is -0.201 e. The molecule has 27 heavy (non-hydrogen) atoms. The maximum Gasteiger partial charge on any atom is 0.213 e. The first-order valence-electron chi connectivity index (χ1n) is 10.7. The number of benzene rings is 2. The van der Waals surface area contributed by atoms with Gasteiger partial charge in [0.05, 0.1) is 0 Å². The van der Waals surface area contributed by atoms with Crippen molar-refractivity contribution in [2.24, 2.45) is 18.9 Å². The van der Waals surface area contributed by atoms with Gasteiger partial charge in [-0.25, -0.2) is 4.57 Å². The predicted molar refractivity (Wildman–Crippen MR) is 111 cm³/mol. The summed E-state index contributed by atoms with van der Waals surface area (Å²) in [6.07, 6.45) is 7.17. The van der Waals surface area contributed by atoms with Gasteiger partial charge in [0.2, 0.25) is 5.69 Å². The minimum absolute atomic E-state index is 0.355. The fraction of sp³-hybridized carbons (Fsp3) is 0.346. The van der Waals surface area contributed by atoms with Crippen LogP contribution in [0.15, 0.2) is 66.9 Å². The summed E-state index contributed by atoms with van der Waals surface area (Å²) in [4.78, 5) is 0. The Balaban J connectivity index is 1.56. The lowest BCUT2D eigenvalue weighted by Crippen LogP contribution is -2.38. The molecule has 0 amide bonds. The van der Waals surface area contributed by atoms with Crippen molar-refractivity contribution in [2.45, 2.75) is 38.5 Å². The van der Waals surface area contributed by atoms with E-state index in [1.165, 1.54) is 59.2 Å². The highest BCUT2D eigenvalue weighted by Gasteiger charge is 2.44. The van der Waals surface area contributed by atoms with Crippen molar-refractivity contribution < 1.29 is 5.94 Å². The summed E-state index contributed by atoms with van der Waals surface area (Å²) in [7, 11) is 2.11. The Kier molecular flexibility index (Phi) is 3.84. The molecule has 2 bridgehead atoms. The first-order chi connectivity index (χ1) is 13.6. The number of hydrogen-bond donors (Lipinski definition) is 0. The van der Waals surface area contributed by atoms with E-state index >= 15 is 0 Å². The van der Waals surface area contributed by atoms with Gasteiger partial charge >= 0.3 is 0 Å². The number of aryl methyl sites for hydroxylation is 2. The molecule has 2 aromatic carbocycles. The Morgan fingerprint density at radius 2 is 1.70 bits per heavy atom. The number of hydrogen-bond acceptors (Lipinski definition) is 0. The molecule has 0 saturated heterocycles. The molecular weight excluding hydrogens is 326 g/mol. The van der Waals surface area contributed by atoms with Crippen LogP contribution in [-0.4, -0.2) is 0 Å². The Hall–Kier alpha value is -2.41. The summed E-state index contributed by atoms with van der Waals surface area (Å²) in [5.74, 6) is 0.752. The van der Waals surface area contributed by atoms with Crippen LogP contribution in [0.1, 0.15) is 44.1 Å². The molecule has 1 heterocycles. The van der Waals surface area contributed by atoms with Crippen LogP contribution < -0.4 is 4.57 Å². The molecule has 0 aliphatic heterocycles. The highest BCUT2D eigenvalue weighted by atomic mass is 14.9. The third kappa shape index (κ3) is 2.90. The van der Waals surface area contributed by atoms with E-state index in [4.69, 9.17) is 0 Å². The molecule has 5 rings (SSSR count). The fourth-order valence-corrected chi connectivity index (χ4v) is 5.15. The molecule has 0 N–H and O–H groups in total. The number of aromatic nitrogens is 1. The molecule has 136 valence electrons. The van der Waals surface area contributed by atoms with Gasteiger partial charge < -0.3 is 0 Å². The second-order valence-electron chi connectivity index (χ2n) is 8.32. The fourth-order valence-electron chi connectivity index (χ4n) is 5.15. The molecule has 2 aliphatic rings. The molecule has 1 heteroatoms. The van der Waals surface area contributed by atoms with Gasteiger partial charge in [0.25, 0.3) is 0 Å². The van der Waals surface area contributed by atoms with E-state index in [1.54, 1.807) is 0 Å². The molecule has 2 aliphatic carbocycles. The van der Waals surface area contributed by atoms with Crippen LogP contribution in [0.25, 0.3) is 22.4 Å². The molecule has 1 nitrogen and oxygen atoms in total. The molecule has 3 aromatic rings.